The van der Waals surface area contributed by atoms with Gasteiger partial charge in [-0.25, -0.2) is 0 Å². The molecule has 20 heavy (non-hydrogen) atoms. The molecule has 0 aliphatic carbocycles. The molecule has 1 saturated heterocycles. The summed E-state index contributed by atoms with van der Waals surface area (Å²) in [6.45, 7) is 7.85. The molecule has 0 bridgehead atoms. The molecule has 0 amide bonds. The number of benzene rings is 1. The maximum Gasteiger partial charge on any atom is 0.123 e. The highest BCUT2D eigenvalue weighted by atomic mass is 32.1. The van der Waals surface area contributed by atoms with E-state index in [1.54, 1.807) is 7.11 Å². The molecule has 1 aromatic rings. The number of methoxy groups -OCH3 is 1. The van der Waals surface area contributed by atoms with Crippen molar-refractivity contribution in [2.24, 2.45) is 11.1 Å². The molecule has 2 N–H and O–H groups in total. The average Bonchev–Trinajstić information content (AvgIpc) is 2.41. The number of ether oxygens (including phenoxy) is 1. The summed E-state index contributed by atoms with van der Waals surface area (Å²) in [4.78, 5) is 2.92. The van der Waals surface area contributed by atoms with Crippen molar-refractivity contribution in [1.82, 2.24) is 4.90 Å². The van der Waals surface area contributed by atoms with E-state index in [-0.39, 0.29) is 0 Å². The zero-order valence-corrected chi connectivity index (χ0v) is 13.4. The first-order valence-electron chi connectivity index (χ1n) is 7.10. The third-order valence-electron chi connectivity index (χ3n) is 4.17. The van der Waals surface area contributed by atoms with Crippen LogP contribution < -0.4 is 10.5 Å². The van der Waals surface area contributed by atoms with Crippen LogP contribution >= 0.6 is 12.2 Å². The van der Waals surface area contributed by atoms with E-state index in [0.717, 1.165) is 36.5 Å². The maximum atomic E-state index is 5.72. The van der Waals surface area contributed by atoms with Gasteiger partial charge in [-0.05, 0) is 49.5 Å². The van der Waals surface area contributed by atoms with Gasteiger partial charge in [-0.2, -0.15) is 0 Å². The van der Waals surface area contributed by atoms with Gasteiger partial charge in [0.1, 0.15) is 10.7 Å². The molecule has 110 valence electrons. The first-order chi connectivity index (χ1) is 9.41. The highest BCUT2D eigenvalue weighted by Gasteiger charge is 2.25. The Bertz CT molecular complexity index is 489. The Labute approximate surface area is 127 Å². The molecular formula is C16H24N2OS. The highest BCUT2D eigenvalue weighted by molar-refractivity contribution is 7.80. The normalized spacial score (nSPS) is 18.8. The number of nitrogens with zero attached hydrogens (tertiary/aromatic N) is 1. The number of likely N-dealkylation sites (tertiary alicyclic amines) is 1. The van der Waals surface area contributed by atoms with E-state index in [1.165, 1.54) is 12.8 Å². The van der Waals surface area contributed by atoms with Crippen molar-refractivity contribution in [2.75, 3.05) is 20.2 Å². The molecule has 1 fully saturated rings. The second-order valence-corrected chi connectivity index (χ2v) is 6.77. The average molecular weight is 292 g/mol. The van der Waals surface area contributed by atoms with Gasteiger partial charge in [-0.1, -0.05) is 26.1 Å². The fourth-order valence-corrected chi connectivity index (χ4v) is 2.74. The lowest BCUT2D eigenvalue weighted by atomic mass is 9.82. The van der Waals surface area contributed by atoms with Crippen molar-refractivity contribution in [3.05, 3.63) is 29.3 Å². The molecule has 0 spiro atoms. The number of hydrogen-bond acceptors (Lipinski definition) is 3. The van der Waals surface area contributed by atoms with Crippen LogP contribution in [0.5, 0.6) is 5.75 Å². The van der Waals surface area contributed by atoms with Crippen molar-refractivity contribution < 1.29 is 4.74 Å². The number of thiocarbonyl (C=S) groups is 1. The second-order valence-electron chi connectivity index (χ2n) is 6.33. The third-order valence-corrected chi connectivity index (χ3v) is 4.40. The SMILES string of the molecule is COc1ccc(C(N)=S)cc1CN1CCC(C)(C)CC1. The number of rotatable bonds is 4. The van der Waals surface area contributed by atoms with Gasteiger partial charge in [0.15, 0.2) is 0 Å². The Kier molecular flexibility index (Phi) is 4.66. The largest absolute Gasteiger partial charge is 0.496 e. The first-order valence-corrected chi connectivity index (χ1v) is 7.51. The van der Waals surface area contributed by atoms with Gasteiger partial charge in [0.25, 0.3) is 0 Å². The van der Waals surface area contributed by atoms with Gasteiger partial charge in [0, 0.05) is 17.7 Å². The lowest BCUT2D eigenvalue weighted by Gasteiger charge is -2.37. The van der Waals surface area contributed by atoms with Gasteiger partial charge in [0.05, 0.1) is 7.11 Å². The standard InChI is InChI=1S/C16H24N2OS/c1-16(2)6-8-18(9-7-16)11-13-10-12(15(17)20)4-5-14(13)19-3/h4-5,10H,6-9,11H2,1-3H3,(H2,17,20). The fraction of sp³-hybridized carbons (Fsp3) is 0.562. The van der Waals surface area contributed by atoms with E-state index < -0.39 is 0 Å². The highest BCUT2D eigenvalue weighted by Crippen LogP contribution is 2.31. The fourth-order valence-electron chi connectivity index (χ4n) is 2.61. The van der Waals surface area contributed by atoms with Crippen LogP contribution in [0.3, 0.4) is 0 Å². The van der Waals surface area contributed by atoms with Crippen molar-refractivity contribution in [2.45, 2.75) is 33.2 Å². The zero-order valence-electron chi connectivity index (χ0n) is 12.6. The minimum absolute atomic E-state index is 0.439. The monoisotopic (exact) mass is 292 g/mol. The molecule has 1 aliphatic rings. The van der Waals surface area contributed by atoms with Crippen molar-refractivity contribution in [3.63, 3.8) is 0 Å². The smallest absolute Gasteiger partial charge is 0.123 e. The van der Waals surface area contributed by atoms with E-state index in [4.69, 9.17) is 22.7 Å². The van der Waals surface area contributed by atoms with Gasteiger partial charge in [0.2, 0.25) is 0 Å². The number of nitrogens with two attached hydrogens (primary N) is 1. The summed E-state index contributed by atoms with van der Waals surface area (Å²) < 4.78 is 5.45. The third kappa shape index (κ3) is 3.70. The van der Waals surface area contributed by atoms with Crippen molar-refractivity contribution >= 4 is 17.2 Å². The minimum Gasteiger partial charge on any atom is -0.496 e. The molecule has 1 heterocycles. The molecule has 0 saturated carbocycles. The van der Waals surface area contributed by atoms with Crippen LogP contribution in [0, 0.1) is 5.41 Å². The quantitative estimate of drug-likeness (QED) is 0.866. The van der Waals surface area contributed by atoms with Crippen molar-refractivity contribution in [3.8, 4) is 5.75 Å². The Hall–Kier alpha value is -1.13. The number of hydrogen-bond donors (Lipinski definition) is 1. The molecule has 0 atom stereocenters. The summed E-state index contributed by atoms with van der Waals surface area (Å²) >= 11 is 5.06. The van der Waals surface area contributed by atoms with Gasteiger partial charge in [-0.3, -0.25) is 4.90 Å². The summed E-state index contributed by atoms with van der Waals surface area (Å²) in [5.74, 6) is 0.912. The van der Waals surface area contributed by atoms with Crippen LogP contribution in [0.1, 0.15) is 37.8 Å². The molecule has 1 aromatic carbocycles. The minimum atomic E-state index is 0.439. The van der Waals surface area contributed by atoms with Gasteiger partial charge >= 0.3 is 0 Å². The number of piperidine rings is 1. The lowest BCUT2D eigenvalue weighted by molar-refractivity contribution is 0.126. The summed E-state index contributed by atoms with van der Waals surface area (Å²) in [6, 6.07) is 5.93. The summed E-state index contributed by atoms with van der Waals surface area (Å²) in [6.07, 6.45) is 2.48. The zero-order chi connectivity index (χ0) is 14.8. The Morgan fingerprint density at radius 1 is 1.35 bits per heavy atom. The van der Waals surface area contributed by atoms with Crippen LogP contribution in [0.2, 0.25) is 0 Å². The molecule has 0 aromatic heterocycles. The Balaban J connectivity index is 2.12. The molecule has 4 heteroatoms. The lowest BCUT2D eigenvalue weighted by Crippen LogP contribution is -2.36. The molecule has 0 radical (unpaired) electrons. The summed E-state index contributed by atoms with van der Waals surface area (Å²) in [5.41, 5.74) is 8.27. The molecule has 0 unspecified atom stereocenters. The van der Waals surface area contributed by atoms with Crippen LogP contribution in [0.4, 0.5) is 0 Å². The molecule has 2 rings (SSSR count). The Morgan fingerprint density at radius 3 is 2.55 bits per heavy atom. The van der Waals surface area contributed by atoms with Crippen LogP contribution in [0.25, 0.3) is 0 Å². The molecular weight excluding hydrogens is 268 g/mol. The Morgan fingerprint density at radius 2 is 2.00 bits per heavy atom. The van der Waals surface area contributed by atoms with Gasteiger partial charge in [-0.15, -0.1) is 0 Å². The van der Waals surface area contributed by atoms with E-state index in [2.05, 4.69) is 24.8 Å². The van der Waals surface area contributed by atoms with E-state index in [1.807, 2.05) is 12.1 Å². The van der Waals surface area contributed by atoms with Crippen LogP contribution in [0.15, 0.2) is 18.2 Å². The van der Waals surface area contributed by atoms with Crippen molar-refractivity contribution in [1.29, 1.82) is 0 Å². The van der Waals surface area contributed by atoms with Gasteiger partial charge < -0.3 is 10.5 Å². The molecule has 1 aliphatic heterocycles. The first kappa shape index (κ1) is 15.3. The molecule has 3 nitrogen and oxygen atoms in total. The predicted octanol–water partition coefficient (Wildman–Crippen LogP) is 2.95. The van der Waals surface area contributed by atoms with Crippen LogP contribution in [-0.4, -0.2) is 30.1 Å². The predicted molar refractivity (Wildman–Crippen MR) is 87.2 cm³/mol. The summed E-state index contributed by atoms with van der Waals surface area (Å²) in [7, 11) is 1.71. The second kappa shape index (κ2) is 6.10. The topological polar surface area (TPSA) is 38.5 Å². The van der Waals surface area contributed by atoms with Crippen LogP contribution in [-0.2, 0) is 6.54 Å². The van der Waals surface area contributed by atoms with E-state index in [0.29, 0.717) is 10.4 Å². The maximum absolute atomic E-state index is 5.72. The van der Waals surface area contributed by atoms with E-state index >= 15 is 0 Å². The van der Waals surface area contributed by atoms with E-state index in [9.17, 15) is 0 Å². The summed E-state index contributed by atoms with van der Waals surface area (Å²) in [5, 5.41) is 0.